The van der Waals surface area contributed by atoms with Crippen molar-refractivity contribution >= 4 is 44.4 Å². The Hall–Kier alpha value is -0.140. The number of carbonyl (C=O) groups is 1. The normalized spacial score (nSPS) is 10.1. The second-order valence-electron chi connectivity index (χ2n) is 3.02. The summed E-state index contributed by atoms with van der Waals surface area (Å²) in [5.74, 6) is -0.0613. The minimum Gasteiger partial charge on any atom is -0.352 e. The van der Waals surface area contributed by atoms with Crippen LogP contribution in [0.3, 0.4) is 0 Å². The fourth-order valence-electron chi connectivity index (χ4n) is 1.07. The third kappa shape index (κ3) is 4.08. The van der Waals surface area contributed by atoms with Crippen LogP contribution < -0.4 is 11.1 Å². The summed E-state index contributed by atoms with van der Waals surface area (Å²) in [5.41, 5.74) is 6.01. The average Bonchev–Trinajstić information content (AvgIpc) is 2.22. The van der Waals surface area contributed by atoms with Crippen LogP contribution in [0.5, 0.6) is 0 Å². The Morgan fingerprint density at radius 2 is 2.27 bits per heavy atom. The van der Waals surface area contributed by atoms with Crippen LogP contribution >= 0.6 is 38.5 Å². The van der Waals surface area contributed by atoms with Crippen LogP contribution in [0.25, 0.3) is 0 Å². The first kappa shape index (κ1) is 12.9. The first-order valence-corrected chi connectivity index (χ1v) is 6.45. The summed E-state index contributed by atoms with van der Waals surface area (Å²) in [7, 11) is 0. The van der Waals surface area contributed by atoms with Gasteiger partial charge in [-0.25, -0.2) is 0 Å². The number of nitrogens with two attached hydrogens (primary N) is 1. The van der Waals surface area contributed by atoms with Gasteiger partial charge in [0.15, 0.2) is 0 Å². The standard InChI is InChI=1S/C10H12BrIN2O/c11-9-3-2-7(12)6-8(9)10(15)14-5-1-4-13/h2-3,6H,1,4-5,13H2,(H,14,15). The van der Waals surface area contributed by atoms with Gasteiger partial charge in [-0.3, -0.25) is 4.79 Å². The van der Waals surface area contributed by atoms with Gasteiger partial charge in [0, 0.05) is 14.6 Å². The second-order valence-corrected chi connectivity index (χ2v) is 5.12. The zero-order valence-corrected chi connectivity index (χ0v) is 11.8. The van der Waals surface area contributed by atoms with Crippen LogP contribution in [0, 0.1) is 3.57 Å². The van der Waals surface area contributed by atoms with Gasteiger partial charge in [0.2, 0.25) is 0 Å². The first-order chi connectivity index (χ1) is 7.15. The van der Waals surface area contributed by atoms with Crippen LogP contribution in [-0.4, -0.2) is 19.0 Å². The van der Waals surface area contributed by atoms with E-state index in [2.05, 4.69) is 43.8 Å². The summed E-state index contributed by atoms with van der Waals surface area (Å²) in [6.45, 7) is 1.21. The topological polar surface area (TPSA) is 55.1 Å². The molecule has 1 amide bonds. The van der Waals surface area contributed by atoms with Crippen molar-refractivity contribution in [2.24, 2.45) is 5.73 Å². The monoisotopic (exact) mass is 382 g/mol. The van der Waals surface area contributed by atoms with Crippen molar-refractivity contribution in [1.82, 2.24) is 5.32 Å². The van der Waals surface area contributed by atoms with E-state index in [1.807, 2.05) is 18.2 Å². The number of amides is 1. The Labute approximate surface area is 111 Å². The summed E-state index contributed by atoms with van der Waals surface area (Å²) >= 11 is 5.53. The zero-order valence-electron chi connectivity index (χ0n) is 8.09. The quantitative estimate of drug-likeness (QED) is 0.619. The van der Waals surface area contributed by atoms with Gasteiger partial charge in [0.05, 0.1) is 5.56 Å². The largest absolute Gasteiger partial charge is 0.352 e. The van der Waals surface area contributed by atoms with E-state index in [1.165, 1.54) is 0 Å². The molecule has 15 heavy (non-hydrogen) atoms. The number of carbonyl (C=O) groups excluding carboxylic acids is 1. The molecule has 0 spiro atoms. The number of hydrogen-bond acceptors (Lipinski definition) is 2. The average molecular weight is 383 g/mol. The van der Waals surface area contributed by atoms with Crippen molar-refractivity contribution in [3.05, 3.63) is 31.8 Å². The molecular weight excluding hydrogens is 371 g/mol. The molecule has 3 N–H and O–H groups in total. The molecule has 1 rings (SSSR count). The number of hydrogen-bond donors (Lipinski definition) is 2. The van der Waals surface area contributed by atoms with Gasteiger partial charge >= 0.3 is 0 Å². The molecule has 0 heterocycles. The van der Waals surface area contributed by atoms with Crippen molar-refractivity contribution < 1.29 is 4.79 Å². The van der Waals surface area contributed by atoms with Crippen molar-refractivity contribution in [3.63, 3.8) is 0 Å². The highest BCUT2D eigenvalue weighted by Crippen LogP contribution is 2.19. The predicted molar refractivity (Wildman–Crippen MR) is 72.9 cm³/mol. The second kappa shape index (κ2) is 6.44. The maximum atomic E-state index is 11.7. The lowest BCUT2D eigenvalue weighted by atomic mass is 10.2. The first-order valence-electron chi connectivity index (χ1n) is 4.58. The summed E-state index contributed by atoms with van der Waals surface area (Å²) in [6.07, 6.45) is 0.799. The number of halogens is 2. The summed E-state index contributed by atoms with van der Waals surface area (Å²) in [6, 6.07) is 5.67. The number of nitrogens with one attached hydrogen (secondary N) is 1. The molecule has 5 heteroatoms. The van der Waals surface area contributed by atoms with Gasteiger partial charge in [-0.1, -0.05) is 0 Å². The van der Waals surface area contributed by atoms with Crippen LogP contribution in [0.4, 0.5) is 0 Å². The molecule has 82 valence electrons. The molecule has 0 aliphatic heterocycles. The van der Waals surface area contributed by atoms with E-state index in [4.69, 9.17) is 5.73 Å². The highest BCUT2D eigenvalue weighted by molar-refractivity contribution is 14.1. The predicted octanol–water partition coefficient (Wildman–Crippen LogP) is 2.13. The molecule has 0 aliphatic rings. The molecule has 0 saturated heterocycles. The molecule has 0 bridgehead atoms. The van der Waals surface area contributed by atoms with Crippen LogP contribution in [-0.2, 0) is 0 Å². The lowest BCUT2D eigenvalue weighted by Crippen LogP contribution is -2.26. The summed E-state index contributed by atoms with van der Waals surface area (Å²) in [4.78, 5) is 11.7. The lowest BCUT2D eigenvalue weighted by molar-refractivity contribution is 0.0952. The number of rotatable bonds is 4. The molecule has 0 saturated carbocycles. The SMILES string of the molecule is NCCCNC(=O)c1cc(I)ccc1Br. The van der Waals surface area contributed by atoms with E-state index in [1.54, 1.807) is 0 Å². The molecular formula is C10H12BrIN2O. The summed E-state index contributed by atoms with van der Waals surface area (Å²) in [5, 5.41) is 2.82. The van der Waals surface area contributed by atoms with Crippen molar-refractivity contribution in [3.8, 4) is 0 Å². The van der Waals surface area contributed by atoms with Gasteiger partial charge in [-0.15, -0.1) is 0 Å². The molecule has 0 radical (unpaired) electrons. The molecule has 3 nitrogen and oxygen atoms in total. The van der Waals surface area contributed by atoms with Gasteiger partial charge < -0.3 is 11.1 Å². The smallest absolute Gasteiger partial charge is 0.252 e. The molecule has 0 unspecified atom stereocenters. The Morgan fingerprint density at radius 1 is 1.53 bits per heavy atom. The maximum Gasteiger partial charge on any atom is 0.252 e. The molecule has 1 aromatic rings. The fraction of sp³-hybridized carbons (Fsp3) is 0.300. The number of benzene rings is 1. The highest BCUT2D eigenvalue weighted by Gasteiger charge is 2.09. The molecule has 0 aromatic heterocycles. The molecule has 0 fully saturated rings. The third-order valence-corrected chi connectivity index (χ3v) is 3.20. The fourth-order valence-corrected chi connectivity index (χ4v) is 1.99. The van der Waals surface area contributed by atoms with E-state index < -0.39 is 0 Å². The zero-order chi connectivity index (χ0) is 11.3. The van der Waals surface area contributed by atoms with Crippen molar-refractivity contribution in [1.29, 1.82) is 0 Å². The van der Waals surface area contributed by atoms with E-state index >= 15 is 0 Å². The Bertz CT molecular complexity index is 357. The third-order valence-electron chi connectivity index (χ3n) is 1.84. The lowest BCUT2D eigenvalue weighted by Gasteiger charge is -2.06. The van der Waals surface area contributed by atoms with Crippen LogP contribution in [0.1, 0.15) is 16.8 Å². The van der Waals surface area contributed by atoms with E-state index in [9.17, 15) is 4.79 Å². The molecule has 1 aromatic carbocycles. The minimum atomic E-state index is -0.0613. The van der Waals surface area contributed by atoms with Crippen molar-refractivity contribution in [2.75, 3.05) is 13.1 Å². The Kier molecular flexibility index (Phi) is 5.55. The Balaban J connectivity index is 2.68. The maximum absolute atomic E-state index is 11.7. The molecule has 0 atom stereocenters. The van der Waals surface area contributed by atoms with Gasteiger partial charge in [0.1, 0.15) is 0 Å². The summed E-state index contributed by atoms with van der Waals surface area (Å²) < 4.78 is 1.85. The minimum absolute atomic E-state index is 0.0613. The van der Waals surface area contributed by atoms with E-state index in [0.717, 1.165) is 14.5 Å². The Morgan fingerprint density at radius 3 is 2.93 bits per heavy atom. The van der Waals surface area contributed by atoms with Gasteiger partial charge in [-0.05, 0) is 69.7 Å². The van der Waals surface area contributed by atoms with Crippen LogP contribution in [0.2, 0.25) is 0 Å². The van der Waals surface area contributed by atoms with Gasteiger partial charge in [0.25, 0.3) is 5.91 Å². The van der Waals surface area contributed by atoms with Gasteiger partial charge in [-0.2, -0.15) is 0 Å². The van der Waals surface area contributed by atoms with E-state index in [-0.39, 0.29) is 5.91 Å². The highest BCUT2D eigenvalue weighted by atomic mass is 127. The van der Waals surface area contributed by atoms with Crippen LogP contribution in [0.15, 0.2) is 22.7 Å². The molecule has 0 aliphatic carbocycles. The van der Waals surface area contributed by atoms with E-state index in [0.29, 0.717) is 18.7 Å². The van der Waals surface area contributed by atoms with Crippen molar-refractivity contribution in [2.45, 2.75) is 6.42 Å².